The van der Waals surface area contributed by atoms with E-state index < -0.39 is 29.8 Å². The summed E-state index contributed by atoms with van der Waals surface area (Å²) in [6.45, 7) is 0. The summed E-state index contributed by atoms with van der Waals surface area (Å²) in [5.41, 5.74) is 2.28. The van der Waals surface area contributed by atoms with E-state index in [2.05, 4.69) is 0 Å². The largest absolute Gasteiger partial charge is 0.358 e. The first kappa shape index (κ1) is 20.7. The summed E-state index contributed by atoms with van der Waals surface area (Å²) in [6.07, 6.45) is 3.79. The van der Waals surface area contributed by atoms with Crippen LogP contribution in [0.25, 0.3) is 6.08 Å². The number of fused-ring (bicyclic) bond motifs is 5. The highest BCUT2D eigenvalue weighted by molar-refractivity contribution is 7.12. The number of ketones is 1. The van der Waals surface area contributed by atoms with Gasteiger partial charge in [-0.15, -0.1) is 11.3 Å². The lowest BCUT2D eigenvalue weighted by Gasteiger charge is -2.35. The predicted octanol–water partition coefficient (Wildman–Crippen LogP) is 5.45. The average Bonchev–Trinajstić information content (AvgIpc) is 3.52. The van der Waals surface area contributed by atoms with Gasteiger partial charge in [0.05, 0.1) is 38.5 Å². The lowest BCUT2D eigenvalue weighted by atomic mass is 9.84. The Kier molecular flexibility index (Phi) is 4.73. The van der Waals surface area contributed by atoms with Gasteiger partial charge in [-0.25, -0.2) is 4.90 Å². The van der Waals surface area contributed by atoms with Crippen molar-refractivity contribution in [2.45, 2.75) is 12.1 Å². The van der Waals surface area contributed by atoms with Crippen LogP contribution >= 0.6 is 34.5 Å². The SMILES string of the molecule is O=C(c1cccs1)[C@@H]1[C@@H]2C(=O)N(c3ccc(Cl)c(Cl)c3)C(=O)[C@@H]2[C@@H]2c3ccccc3C=CN12. The number of benzene rings is 2. The second-order valence-electron chi connectivity index (χ2n) is 8.28. The van der Waals surface area contributed by atoms with Crippen LogP contribution < -0.4 is 4.90 Å². The number of halogens is 2. The molecule has 6 rings (SSSR count). The Balaban J connectivity index is 1.51. The van der Waals surface area contributed by atoms with Gasteiger partial charge >= 0.3 is 0 Å². The van der Waals surface area contributed by atoms with Crippen LogP contribution in [0.2, 0.25) is 10.0 Å². The minimum absolute atomic E-state index is 0.149. The van der Waals surface area contributed by atoms with E-state index in [1.807, 2.05) is 52.9 Å². The zero-order chi connectivity index (χ0) is 22.9. The molecule has 0 spiro atoms. The molecule has 4 heterocycles. The molecule has 2 saturated heterocycles. The van der Waals surface area contributed by atoms with Crippen molar-refractivity contribution in [3.63, 3.8) is 0 Å². The van der Waals surface area contributed by atoms with E-state index in [-0.39, 0.29) is 16.7 Å². The fourth-order valence-corrected chi connectivity index (χ4v) is 6.29. The van der Waals surface area contributed by atoms with Crippen molar-refractivity contribution >= 4 is 63.9 Å². The van der Waals surface area contributed by atoms with E-state index in [0.717, 1.165) is 11.1 Å². The molecule has 0 radical (unpaired) electrons. The minimum atomic E-state index is -0.803. The maximum Gasteiger partial charge on any atom is 0.240 e. The first-order valence-corrected chi connectivity index (χ1v) is 12.1. The number of thiophene rings is 1. The number of hydrogen-bond acceptors (Lipinski definition) is 5. The molecule has 164 valence electrons. The zero-order valence-electron chi connectivity index (χ0n) is 17.0. The maximum atomic E-state index is 13.8. The highest BCUT2D eigenvalue weighted by Crippen LogP contribution is 2.54. The average molecular weight is 495 g/mol. The van der Waals surface area contributed by atoms with Gasteiger partial charge in [0.15, 0.2) is 5.78 Å². The molecule has 4 atom stereocenters. The van der Waals surface area contributed by atoms with Crippen molar-refractivity contribution in [2.24, 2.45) is 11.8 Å². The molecule has 2 aromatic carbocycles. The van der Waals surface area contributed by atoms with Crippen molar-refractivity contribution in [1.82, 2.24) is 4.90 Å². The molecular weight excluding hydrogens is 479 g/mol. The predicted molar refractivity (Wildman–Crippen MR) is 128 cm³/mol. The smallest absolute Gasteiger partial charge is 0.240 e. The van der Waals surface area contributed by atoms with Gasteiger partial charge in [0.1, 0.15) is 6.04 Å². The van der Waals surface area contributed by atoms with Crippen molar-refractivity contribution in [3.8, 4) is 0 Å². The molecule has 0 aliphatic carbocycles. The van der Waals surface area contributed by atoms with Gasteiger partial charge in [-0.2, -0.15) is 0 Å². The highest BCUT2D eigenvalue weighted by Gasteiger charge is 2.64. The standard InChI is InChI=1S/C25H16Cl2N2O3S/c26-16-8-7-14(12-17(16)27)29-24(31)19-20(25(29)32)22(23(30)18-6-3-11-33-18)28-10-9-13-4-1-2-5-15(13)21(19)28/h1-12,19-22H/t19-,20+,21-,22-/m0/s1. The summed E-state index contributed by atoms with van der Waals surface area (Å²) in [6, 6.07) is 14.9. The molecule has 5 nitrogen and oxygen atoms in total. The Labute approximate surface area is 203 Å². The molecule has 3 aliphatic heterocycles. The Morgan fingerprint density at radius 2 is 1.70 bits per heavy atom. The number of hydrogen-bond donors (Lipinski definition) is 0. The number of imide groups is 1. The quantitative estimate of drug-likeness (QED) is 0.358. The van der Waals surface area contributed by atoms with Gasteiger partial charge in [0.25, 0.3) is 0 Å². The molecule has 2 amide bonds. The van der Waals surface area contributed by atoms with Crippen molar-refractivity contribution in [3.05, 3.63) is 92.2 Å². The molecule has 1 aromatic heterocycles. The number of carbonyl (C=O) groups is 3. The number of nitrogens with zero attached hydrogens (tertiary/aromatic N) is 2. The molecule has 0 unspecified atom stereocenters. The Morgan fingerprint density at radius 1 is 0.909 bits per heavy atom. The molecule has 33 heavy (non-hydrogen) atoms. The van der Waals surface area contributed by atoms with Gasteiger partial charge in [-0.3, -0.25) is 14.4 Å². The van der Waals surface area contributed by atoms with Crippen molar-refractivity contribution in [1.29, 1.82) is 0 Å². The first-order chi connectivity index (χ1) is 16.0. The minimum Gasteiger partial charge on any atom is -0.358 e. The monoisotopic (exact) mass is 494 g/mol. The van der Waals surface area contributed by atoms with Gasteiger partial charge in [0, 0.05) is 6.20 Å². The van der Waals surface area contributed by atoms with Gasteiger partial charge in [-0.05, 0) is 46.8 Å². The van der Waals surface area contributed by atoms with Crippen LogP contribution in [0.1, 0.15) is 26.8 Å². The van der Waals surface area contributed by atoms with Gasteiger partial charge < -0.3 is 4.90 Å². The lowest BCUT2D eigenvalue weighted by Crippen LogP contribution is -2.44. The van der Waals surface area contributed by atoms with Crippen LogP contribution in [-0.2, 0) is 9.59 Å². The summed E-state index contributed by atoms with van der Waals surface area (Å²) in [4.78, 5) is 44.8. The van der Waals surface area contributed by atoms with Gasteiger partial charge in [-0.1, -0.05) is 53.5 Å². The first-order valence-electron chi connectivity index (χ1n) is 10.4. The van der Waals surface area contributed by atoms with Crippen LogP contribution in [0.15, 0.2) is 66.2 Å². The summed E-state index contributed by atoms with van der Waals surface area (Å²) in [5.74, 6) is -2.36. The van der Waals surface area contributed by atoms with Gasteiger partial charge in [0.2, 0.25) is 11.8 Å². The second kappa shape index (κ2) is 7.55. The fraction of sp³-hybridized carbons (Fsp3) is 0.160. The van der Waals surface area contributed by atoms with E-state index in [9.17, 15) is 14.4 Å². The molecule has 3 aromatic rings. The number of anilines is 1. The van der Waals surface area contributed by atoms with Crippen molar-refractivity contribution < 1.29 is 14.4 Å². The summed E-state index contributed by atoms with van der Waals surface area (Å²) < 4.78 is 0. The molecule has 8 heteroatoms. The normalized spacial score (nSPS) is 25.3. The van der Waals surface area contributed by atoms with E-state index in [1.165, 1.54) is 22.3 Å². The summed E-state index contributed by atoms with van der Waals surface area (Å²) in [7, 11) is 0. The summed E-state index contributed by atoms with van der Waals surface area (Å²) in [5, 5.41) is 2.43. The molecule has 2 fully saturated rings. The Morgan fingerprint density at radius 3 is 2.45 bits per heavy atom. The fourth-order valence-electron chi connectivity index (χ4n) is 5.30. The van der Waals surface area contributed by atoms with E-state index in [0.29, 0.717) is 15.6 Å². The zero-order valence-corrected chi connectivity index (χ0v) is 19.3. The number of carbonyl (C=O) groups excluding carboxylic acids is 3. The third-order valence-corrected chi connectivity index (χ3v) is 8.28. The molecule has 3 aliphatic rings. The molecular formula is C25H16Cl2N2O3S. The second-order valence-corrected chi connectivity index (χ2v) is 10.0. The number of amides is 2. The maximum absolute atomic E-state index is 13.8. The number of Topliss-reactive ketones (excluding diaryl/α,β-unsaturated/α-hetero) is 1. The molecule has 0 saturated carbocycles. The van der Waals surface area contributed by atoms with Crippen LogP contribution in [0.5, 0.6) is 0 Å². The Bertz CT molecular complexity index is 1350. The van der Waals surface area contributed by atoms with Crippen LogP contribution in [0.3, 0.4) is 0 Å². The number of rotatable bonds is 3. The van der Waals surface area contributed by atoms with E-state index >= 15 is 0 Å². The van der Waals surface area contributed by atoms with E-state index in [4.69, 9.17) is 23.2 Å². The van der Waals surface area contributed by atoms with E-state index in [1.54, 1.807) is 18.2 Å². The van der Waals surface area contributed by atoms with Crippen LogP contribution in [0, 0.1) is 11.8 Å². The molecule has 0 N–H and O–H groups in total. The van der Waals surface area contributed by atoms with Crippen molar-refractivity contribution in [2.75, 3.05) is 4.90 Å². The topological polar surface area (TPSA) is 57.7 Å². The Hall–Kier alpha value is -2.93. The highest BCUT2D eigenvalue weighted by atomic mass is 35.5. The van der Waals surface area contributed by atoms with Crippen LogP contribution in [-0.4, -0.2) is 28.5 Å². The third-order valence-electron chi connectivity index (χ3n) is 6.66. The molecule has 0 bridgehead atoms. The lowest BCUT2D eigenvalue weighted by molar-refractivity contribution is -0.123. The third kappa shape index (κ3) is 2.94. The summed E-state index contributed by atoms with van der Waals surface area (Å²) >= 11 is 13.6. The van der Waals surface area contributed by atoms with Crippen LogP contribution in [0.4, 0.5) is 5.69 Å².